The minimum absolute atomic E-state index is 0.00439. The van der Waals surface area contributed by atoms with Gasteiger partial charge in [0.1, 0.15) is 19.0 Å². The van der Waals surface area contributed by atoms with Crippen LogP contribution in [0.3, 0.4) is 0 Å². The van der Waals surface area contributed by atoms with Crippen LogP contribution in [0.5, 0.6) is 0 Å². The summed E-state index contributed by atoms with van der Waals surface area (Å²) in [6, 6.07) is 0.0684. The maximum Gasteiger partial charge on any atom is 0.411 e. The van der Waals surface area contributed by atoms with Crippen LogP contribution >= 0.6 is 0 Å². The lowest BCUT2D eigenvalue weighted by molar-refractivity contribution is -0.200. The molecule has 0 spiro atoms. The van der Waals surface area contributed by atoms with Crippen molar-refractivity contribution in [3.8, 4) is 0 Å². The van der Waals surface area contributed by atoms with Crippen LogP contribution in [0, 0.1) is 46.8 Å². The molecule has 3 saturated carbocycles. The Balaban J connectivity index is 1.32. The molecule has 3 aliphatic carbocycles. The number of nitrogens with zero attached hydrogens (tertiary/aromatic N) is 2. The monoisotopic (exact) mass is 585 g/mol. The maximum absolute atomic E-state index is 14.2. The first-order valence-electron chi connectivity index (χ1n) is 15.6. The number of alkyl halides is 4. The lowest BCUT2D eigenvalue weighted by atomic mass is 9.68. The summed E-state index contributed by atoms with van der Waals surface area (Å²) >= 11 is 0. The van der Waals surface area contributed by atoms with Gasteiger partial charge in [0.15, 0.2) is 0 Å². The second-order valence-electron chi connectivity index (χ2n) is 13.5. The van der Waals surface area contributed by atoms with Crippen molar-refractivity contribution in [1.82, 2.24) is 19.8 Å². The van der Waals surface area contributed by atoms with E-state index in [1.165, 1.54) is 0 Å². The van der Waals surface area contributed by atoms with Crippen LogP contribution in [0.1, 0.15) is 71.1 Å². The van der Waals surface area contributed by atoms with Gasteiger partial charge in [-0.1, -0.05) is 6.92 Å². The smallest absolute Gasteiger partial charge is 0.354 e. The molecule has 1 aromatic heterocycles. The maximum atomic E-state index is 14.2. The number of carbonyl (C=O) groups excluding carboxylic acids is 1. The van der Waals surface area contributed by atoms with Gasteiger partial charge in [0.05, 0.1) is 0 Å². The highest BCUT2D eigenvalue weighted by molar-refractivity contribution is 5.79. The number of rotatable bonds is 9. The fourth-order valence-corrected chi connectivity index (χ4v) is 7.97. The summed E-state index contributed by atoms with van der Waals surface area (Å²) in [5.74, 6) is 0.576. The van der Waals surface area contributed by atoms with Gasteiger partial charge in [-0.3, -0.25) is 15.5 Å². The number of nitrogens with one attached hydrogen (secondary N) is 3. The minimum Gasteiger partial charge on any atom is -0.354 e. The van der Waals surface area contributed by atoms with Gasteiger partial charge < -0.3 is 19.2 Å². The third kappa shape index (κ3) is 7.75. The molecule has 1 saturated heterocycles. The fourth-order valence-electron chi connectivity index (χ4n) is 7.97. The van der Waals surface area contributed by atoms with Crippen LogP contribution in [0.4, 0.5) is 17.6 Å². The molecule has 7 nitrogen and oxygen atoms in total. The van der Waals surface area contributed by atoms with Crippen molar-refractivity contribution < 1.29 is 27.1 Å². The molecule has 3 N–H and O–H groups in total. The SMILES string of the molecule is CC1CC([C@@H](NC(=O)C2CC(Cn3ccn(C)c3=N)CC(C3CCCNC3OCC(F)(F)F)C2)C2CC2)CCC1F. The Morgan fingerprint density at radius 2 is 1.88 bits per heavy atom. The van der Waals surface area contributed by atoms with E-state index in [2.05, 4.69) is 10.6 Å². The molecule has 232 valence electrons. The van der Waals surface area contributed by atoms with E-state index in [0.29, 0.717) is 43.9 Å². The van der Waals surface area contributed by atoms with Crippen molar-refractivity contribution in [2.24, 2.45) is 48.5 Å². The summed E-state index contributed by atoms with van der Waals surface area (Å²) in [5.41, 5.74) is 0.380. The van der Waals surface area contributed by atoms with Gasteiger partial charge in [-0.25, -0.2) is 4.39 Å². The van der Waals surface area contributed by atoms with Crippen molar-refractivity contribution in [2.75, 3.05) is 13.2 Å². The number of amides is 1. The number of hydrogen-bond acceptors (Lipinski definition) is 4. The molecule has 4 aliphatic rings. The Morgan fingerprint density at radius 3 is 2.54 bits per heavy atom. The molecule has 0 aromatic carbocycles. The Labute approximate surface area is 240 Å². The molecule has 41 heavy (non-hydrogen) atoms. The molecule has 11 heteroatoms. The molecule has 5 rings (SSSR count). The average Bonchev–Trinajstić information content (AvgIpc) is 3.74. The van der Waals surface area contributed by atoms with Crippen LogP contribution in [-0.2, 0) is 23.1 Å². The zero-order valence-electron chi connectivity index (χ0n) is 24.3. The summed E-state index contributed by atoms with van der Waals surface area (Å²) in [6.07, 6.45) is 5.90. The molecule has 2 heterocycles. The summed E-state index contributed by atoms with van der Waals surface area (Å²) in [5, 5.41) is 15.0. The standard InChI is InChI=1S/C30H47F4N5O2/c1-18-12-21(7-8-25(18)31)26(20-5-6-20)37-27(40)23-14-19(16-39-11-10-38(2)29(39)35)13-22(15-23)24-4-3-9-36-28(24)41-17-30(32,33)34/h10-11,18-26,28,35-36H,3-9,12-17H2,1-2H3,(H,37,40)/t18?,19?,21?,22?,23?,24?,25?,26-,28?/m0/s1. The van der Waals surface area contributed by atoms with Crippen molar-refractivity contribution in [1.29, 1.82) is 5.41 Å². The topological polar surface area (TPSA) is 84.1 Å². The number of aromatic nitrogens is 2. The van der Waals surface area contributed by atoms with Crippen molar-refractivity contribution in [3.05, 3.63) is 18.0 Å². The van der Waals surface area contributed by atoms with E-state index in [1.54, 1.807) is 4.57 Å². The lowest BCUT2D eigenvalue weighted by Crippen LogP contribution is -2.51. The predicted molar refractivity (Wildman–Crippen MR) is 146 cm³/mol. The van der Waals surface area contributed by atoms with Crippen LogP contribution in [0.25, 0.3) is 0 Å². The Morgan fingerprint density at radius 1 is 1.12 bits per heavy atom. The molecule has 1 aliphatic heterocycles. The molecular weight excluding hydrogens is 538 g/mol. The van der Waals surface area contributed by atoms with Gasteiger partial charge in [-0.2, -0.15) is 13.2 Å². The van der Waals surface area contributed by atoms with Crippen LogP contribution in [0.15, 0.2) is 12.4 Å². The Bertz CT molecular complexity index is 1090. The third-order valence-corrected chi connectivity index (χ3v) is 10.3. The van der Waals surface area contributed by atoms with Crippen LogP contribution in [-0.4, -0.2) is 52.8 Å². The molecule has 4 fully saturated rings. The molecule has 0 radical (unpaired) electrons. The normalized spacial score (nSPS) is 35.7. The van der Waals surface area contributed by atoms with Crippen LogP contribution in [0.2, 0.25) is 0 Å². The summed E-state index contributed by atoms with van der Waals surface area (Å²) in [4.78, 5) is 13.9. The van der Waals surface area contributed by atoms with E-state index in [4.69, 9.17) is 10.1 Å². The Hall–Kier alpha value is -1.88. The zero-order valence-corrected chi connectivity index (χ0v) is 24.3. The van der Waals surface area contributed by atoms with E-state index in [0.717, 1.165) is 44.9 Å². The molecule has 9 atom stereocenters. The first-order chi connectivity index (χ1) is 19.5. The van der Waals surface area contributed by atoms with Gasteiger partial charge in [0.2, 0.25) is 11.5 Å². The summed E-state index contributed by atoms with van der Waals surface area (Å²) in [6.45, 7) is 1.89. The number of aryl methyl sites for hydroxylation is 1. The summed E-state index contributed by atoms with van der Waals surface area (Å²) < 4.78 is 62.3. The minimum atomic E-state index is -4.40. The zero-order chi connectivity index (χ0) is 29.3. The highest BCUT2D eigenvalue weighted by Crippen LogP contribution is 2.45. The number of ether oxygens (including phenoxy) is 1. The van der Waals surface area contributed by atoms with Crippen molar-refractivity contribution >= 4 is 5.91 Å². The van der Waals surface area contributed by atoms with Crippen molar-refractivity contribution in [3.63, 3.8) is 0 Å². The third-order valence-electron chi connectivity index (χ3n) is 10.3. The average molecular weight is 586 g/mol. The number of piperidine rings is 1. The van der Waals surface area contributed by atoms with E-state index in [-0.39, 0.29) is 47.5 Å². The number of imidazole rings is 1. The largest absolute Gasteiger partial charge is 0.411 e. The van der Waals surface area contributed by atoms with Gasteiger partial charge in [0, 0.05) is 43.9 Å². The first-order valence-corrected chi connectivity index (χ1v) is 15.6. The van der Waals surface area contributed by atoms with E-state index in [1.807, 2.05) is 30.9 Å². The number of halogens is 4. The summed E-state index contributed by atoms with van der Waals surface area (Å²) in [7, 11) is 1.82. The van der Waals surface area contributed by atoms with Gasteiger partial charge in [-0.05, 0) is 100 Å². The van der Waals surface area contributed by atoms with Gasteiger partial charge in [0.25, 0.3) is 0 Å². The second-order valence-corrected chi connectivity index (χ2v) is 13.5. The van der Waals surface area contributed by atoms with Gasteiger partial charge in [-0.15, -0.1) is 0 Å². The highest BCUT2D eigenvalue weighted by atomic mass is 19.4. The molecule has 8 unspecified atom stereocenters. The first kappa shape index (κ1) is 30.6. The quantitative estimate of drug-likeness (QED) is 0.360. The predicted octanol–water partition coefficient (Wildman–Crippen LogP) is 4.91. The van der Waals surface area contributed by atoms with Crippen LogP contribution < -0.4 is 16.3 Å². The Kier molecular flexibility index (Phi) is 9.53. The molecular formula is C30H47F4N5O2. The molecule has 0 bridgehead atoms. The molecule has 1 aromatic rings. The van der Waals surface area contributed by atoms with E-state index >= 15 is 0 Å². The van der Waals surface area contributed by atoms with Gasteiger partial charge >= 0.3 is 6.18 Å². The highest BCUT2D eigenvalue weighted by Gasteiger charge is 2.45. The fraction of sp³-hybridized carbons (Fsp3) is 0.867. The lowest BCUT2D eigenvalue weighted by Gasteiger charge is -2.44. The second kappa shape index (κ2) is 12.8. The number of hydrogen-bond donors (Lipinski definition) is 3. The van der Waals surface area contributed by atoms with E-state index in [9.17, 15) is 22.4 Å². The van der Waals surface area contributed by atoms with Crippen molar-refractivity contribution in [2.45, 2.75) is 102 Å². The molecule has 1 amide bonds. The van der Waals surface area contributed by atoms with E-state index < -0.39 is 25.2 Å². The number of carbonyl (C=O) groups is 1.